The highest BCUT2D eigenvalue weighted by Gasteiger charge is 2.33. The van der Waals surface area contributed by atoms with Crippen LogP contribution in [0.3, 0.4) is 0 Å². The predicted octanol–water partition coefficient (Wildman–Crippen LogP) is 5.56. The van der Waals surface area contributed by atoms with Crippen LogP contribution in [-0.4, -0.2) is 11.8 Å². The Hall–Kier alpha value is -0.240. The molecule has 0 spiro atoms. The van der Waals surface area contributed by atoms with Gasteiger partial charge >= 0.3 is 0 Å². The van der Waals surface area contributed by atoms with Crippen molar-refractivity contribution in [1.82, 2.24) is 0 Å². The molecule has 0 aliphatic rings. The standard InChI is InChI=1S/C15H18Cl2S/c1-11(2)15(9-16,10-17)7-12-8-18-14-6-4-3-5-13(12)14/h3-6,8,11H,7,9-10H2,1-2H3. The fourth-order valence-electron chi connectivity index (χ4n) is 2.19. The molecule has 0 aliphatic carbocycles. The molecule has 1 aromatic carbocycles. The first kappa shape index (κ1) is 14.2. The number of rotatable bonds is 5. The summed E-state index contributed by atoms with van der Waals surface area (Å²) >= 11 is 14.2. The molecule has 0 fully saturated rings. The highest BCUT2D eigenvalue weighted by molar-refractivity contribution is 7.17. The van der Waals surface area contributed by atoms with Crippen molar-refractivity contribution >= 4 is 44.6 Å². The average Bonchev–Trinajstić information content (AvgIpc) is 2.79. The lowest BCUT2D eigenvalue weighted by Gasteiger charge is -2.33. The van der Waals surface area contributed by atoms with E-state index in [2.05, 4.69) is 43.5 Å². The largest absolute Gasteiger partial charge is 0.144 e. The van der Waals surface area contributed by atoms with Crippen LogP contribution in [0, 0.1) is 11.3 Å². The van der Waals surface area contributed by atoms with Crippen LogP contribution in [0.4, 0.5) is 0 Å². The Morgan fingerprint density at radius 2 is 1.83 bits per heavy atom. The minimum absolute atomic E-state index is 0.00699. The Balaban J connectivity index is 2.37. The maximum atomic E-state index is 6.21. The molecule has 0 atom stereocenters. The number of fused-ring (bicyclic) bond motifs is 1. The number of thiophene rings is 1. The van der Waals surface area contributed by atoms with Gasteiger partial charge in [-0.1, -0.05) is 32.0 Å². The van der Waals surface area contributed by atoms with Crippen LogP contribution in [0.1, 0.15) is 19.4 Å². The summed E-state index contributed by atoms with van der Waals surface area (Å²) in [5, 5.41) is 3.60. The Labute approximate surface area is 123 Å². The third kappa shape index (κ3) is 2.54. The van der Waals surface area contributed by atoms with Crippen LogP contribution < -0.4 is 0 Å². The van der Waals surface area contributed by atoms with Gasteiger partial charge in [0, 0.05) is 21.9 Å². The number of benzene rings is 1. The minimum atomic E-state index is -0.00699. The third-order valence-corrected chi connectivity index (χ3v) is 5.94. The van der Waals surface area contributed by atoms with Crippen molar-refractivity contribution in [2.45, 2.75) is 20.3 Å². The summed E-state index contributed by atoms with van der Waals surface area (Å²) < 4.78 is 1.34. The van der Waals surface area contributed by atoms with E-state index in [9.17, 15) is 0 Å². The lowest BCUT2D eigenvalue weighted by atomic mass is 9.76. The van der Waals surface area contributed by atoms with Crippen molar-refractivity contribution in [3.05, 3.63) is 35.2 Å². The van der Waals surface area contributed by atoms with Crippen LogP contribution in [0.15, 0.2) is 29.6 Å². The van der Waals surface area contributed by atoms with E-state index < -0.39 is 0 Å². The molecule has 0 nitrogen and oxygen atoms in total. The fourth-order valence-corrected chi connectivity index (χ4v) is 4.25. The third-order valence-electron chi connectivity index (χ3n) is 3.86. The molecule has 1 heterocycles. The van der Waals surface area contributed by atoms with E-state index in [1.807, 2.05) is 0 Å². The molecule has 0 amide bonds. The normalized spacial score (nSPS) is 12.5. The Kier molecular flexibility index (Phi) is 4.58. The average molecular weight is 301 g/mol. The van der Waals surface area contributed by atoms with E-state index >= 15 is 0 Å². The predicted molar refractivity (Wildman–Crippen MR) is 84.2 cm³/mol. The van der Waals surface area contributed by atoms with Crippen molar-refractivity contribution in [1.29, 1.82) is 0 Å². The van der Waals surface area contributed by atoms with Crippen molar-refractivity contribution in [2.75, 3.05) is 11.8 Å². The van der Waals surface area contributed by atoms with Gasteiger partial charge in [-0.15, -0.1) is 34.5 Å². The van der Waals surface area contributed by atoms with Gasteiger partial charge in [0.05, 0.1) is 0 Å². The summed E-state index contributed by atoms with van der Waals surface area (Å²) in [5.41, 5.74) is 1.37. The highest BCUT2D eigenvalue weighted by atomic mass is 35.5. The quantitative estimate of drug-likeness (QED) is 0.634. The molecule has 0 bridgehead atoms. The molecule has 3 heteroatoms. The van der Waals surface area contributed by atoms with Gasteiger partial charge < -0.3 is 0 Å². The summed E-state index contributed by atoms with van der Waals surface area (Å²) in [6.07, 6.45) is 0.960. The topological polar surface area (TPSA) is 0 Å². The van der Waals surface area contributed by atoms with Gasteiger partial charge in [-0.25, -0.2) is 0 Å². The van der Waals surface area contributed by atoms with Crippen LogP contribution in [0.2, 0.25) is 0 Å². The van der Waals surface area contributed by atoms with Crippen molar-refractivity contribution in [2.24, 2.45) is 11.3 Å². The smallest absolute Gasteiger partial charge is 0.0345 e. The maximum absolute atomic E-state index is 6.21. The van der Waals surface area contributed by atoms with Crippen molar-refractivity contribution < 1.29 is 0 Å². The monoisotopic (exact) mass is 300 g/mol. The van der Waals surface area contributed by atoms with Gasteiger partial charge in [0.2, 0.25) is 0 Å². The molecular weight excluding hydrogens is 283 g/mol. The molecule has 2 aromatic rings. The maximum Gasteiger partial charge on any atom is 0.0345 e. The summed E-state index contributed by atoms with van der Waals surface area (Å²) in [4.78, 5) is 0. The van der Waals surface area contributed by atoms with Gasteiger partial charge in [-0.2, -0.15) is 0 Å². The van der Waals surface area contributed by atoms with E-state index in [-0.39, 0.29) is 5.41 Å². The summed E-state index contributed by atoms with van der Waals surface area (Å²) in [6, 6.07) is 8.54. The van der Waals surface area contributed by atoms with Crippen molar-refractivity contribution in [3.63, 3.8) is 0 Å². The summed E-state index contributed by atoms with van der Waals surface area (Å²) in [7, 11) is 0. The van der Waals surface area contributed by atoms with Crippen LogP contribution in [0.5, 0.6) is 0 Å². The number of alkyl halides is 2. The SMILES string of the molecule is CC(C)C(CCl)(CCl)Cc1csc2ccccc12. The van der Waals surface area contributed by atoms with E-state index in [0.717, 1.165) is 6.42 Å². The van der Waals surface area contributed by atoms with E-state index in [1.165, 1.54) is 15.6 Å². The Bertz CT molecular complexity index is 512. The van der Waals surface area contributed by atoms with Crippen molar-refractivity contribution in [3.8, 4) is 0 Å². The second-order valence-electron chi connectivity index (χ2n) is 5.22. The molecule has 1 aromatic heterocycles. The summed E-state index contributed by atoms with van der Waals surface area (Å²) in [6.45, 7) is 4.42. The molecule has 0 N–H and O–H groups in total. The Morgan fingerprint density at radius 1 is 1.17 bits per heavy atom. The Morgan fingerprint density at radius 3 is 2.44 bits per heavy atom. The zero-order valence-corrected chi connectivity index (χ0v) is 13.1. The van der Waals surface area contributed by atoms with Gasteiger partial charge in [0.15, 0.2) is 0 Å². The van der Waals surface area contributed by atoms with E-state index in [1.54, 1.807) is 11.3 Å². The molecule has 18 heavy (non-hydrogen) atoms. The van der Waals surface area contributed by atoms with E-state index in [4.69, 9.17) is 23.2 Å². The summed E-state index contributed by atoms with van der Waals surface area (Å²) in [5.74, 6) is 1.70. The van der Waals surface area contributed by atoms with Crippen LogP contribution >= 0.6 is 34.5 Å². The van der Waals surface area contributed by atoms with Gasteiger partial charge in [-0.05, 0) is 34.7 Å². The van der Waals surface area contributed by atoms with E-state index in [0.29, 0.717) is 17.7 Å². The zero-order valence-electron chi connectivity index (χ0n) is 10.7. The zero-order chi connectivity index (χ0) is 13.2. The molecule has 0 saturated heterocycles. The second-order valence-corrected chi connectivity index (χ2v) is 6.66. The minimum Gasteiger partial charge on any atom is -0.144 e. The molecule has 2 rings (SSSR count). The lowest BCUT2D eigenvalue weighted by Crippen LogP contribution is -2.33. The number of halogens is 2. The molecule has 0 radical (unpaired) electrons. The highest BCUT2D eigenvalue weighted by Crippen LogP contribution is 2.38. The van der Waals surface area contributed by atoms with Gasteiger partial charge in [-0.3, -0.25) is 0 Å². The number of hydrogen-bond donors (Lipinski definition) is 0. The molecule has 98 valence electrons. The fraction of sp³-hybridized carbons (Fsp3) is 0.467. The first-order valence-corrected chi connectivity index (χ1v) is 8.15. The first-order valence-electron chi connectivity index (χ1n) is 6.20. The van der Waals surface area contributed by atoms with Gasteiger partial charge in [0.25, 0.3) is 0 Å². The second kappa shape index (κ2) is 5.81. The molecule has 0 aliphatic heterocycles. The molecular formula is C15H18Cl2S. The first-order chi connectivity index (χ1) is 8.63. The molecule has 0 saturated carbocycles. The van der Waals surface area contributed by atoms with Crippen LogP contribution in [0.25, 0.3) is 10.1 Å². The van der Waals surface area contributed by atoms with Crippen LogP contribution in [-0.2, 0) is 6.42 Å². The number of hydrogen-bond acceptors (Lipinski definition) is 1. The lowest BCUT2D eigenvalue weighted by molar-refractivity contribution is 0.260. The van der Waals surface area contributed by atoms with Gasteiger partial charge in [0.1, 0.15) is 0 Å². The molecule has 0 unspecified atom stereocenters.